The minimum Gasteiger partial charge on any atom is -0.330 e. The lowest BCUT2D eigenvalue weighted by atomic mass is 10.4. The molecule has 72 valence electrons. The van der Waals surface area contributed by atoms with E-state index in [1.54, 1.807) is 12.1 Å². The second kappa shape index (κ2) is 5.09. The zero-order chi connectivity index (χ0) is 9.68. The number of hydrogen-bond acceptors (Lipinski definition) is 2. The van der Waals surface area contributed by atoms with Crippen LogP contribution in [0.15, 0.2) is 29.2 Å². The van der Waals surface area contributed by atoms with E-state index in [-0.39, 0.29) is 5.82 Å². The van der Waals surface area contributed by atoms with E-state index in [9.17, 15) is 8.60 Å². The van der Waals surface area contributed by atoms with Crippen LogP contribution >= 0.6 is 0 Å². The Morgan fingerprint density at radius 3 is 2.46 bits per heavy atom. The van der Waals surface area contributed by atoms with E-state index >= 15 is 0 Å². The molecule has 1 aromatic rings. The van der Waals surface area contributed by atoms with Crippen LogP contribution in [-0.2, 0) is 10.8 Å². The summed E-state index contributed by atoms with van der Waals surface area (Å²) in [6.07, 6.45) is 0.726. The topological polar surface area (TPSA) is 43.1 Å². The third-order valence-electron chi connectivity index (χ3n) is 1.61. The molecule has 2 nitrogen and oxygen atoms in total. The maximum atomic E-state index is 12.5. The predicted molar refractivity (Wildman–Crippen MR) is 51.3 cm³/mol. The predicted octanol–water partition coefficient (Wildman–Crippen LogP) is 1.28. The molecule has 1 atom stereocenters. The Balaban J connectivity index is 2.61. The first-order valence-electron chi connectivity index (χ1n) is 4.08. The lowest BCUT2D eigenvalue weighted by Gasteiger charge is -2.00. The van der Waals surface area contributed by atoms with E-state index < -0.39 is 10.8 Å². The molecule has 0 saturated heterocycles. The van der Waals surface area contributed by atoms with Gasteiger partial charge in [0.05, 0.1) is 10.8 Å². The molecule has 0 saturated carbocycles. The third-order valence-corrected chi connectivity index (χ3v) is 3.07. The molecule has 0 amide bonds. The second-order valence-corrected chi connectivity index (χ2v) is 4.22. The van der Waals surface area contributed by atoms with Crippen molar-refractivity contribution in [1.82, 2.24) is 0 Å². The molecule has 0 radical (unpaired) electrons. The maximum absolute atomic E-state index is 12.5. The molecule has 0 aromatic heterocycles. The Hall–Kier alpha value is -0.740. The summed E-state index contributed by atoms with van der Waals surface area (Å²) in [5.41, 5.74) is 5.28. The molecule has 4 heteroatoms. The van der Waals surface area contributed by atoms with Crippen LogP contribution in [-0.4, -0.2) is 16.5 Å². The van der Waals surface area contributed by atoms with Crippen LogP contribution in [0.25, 0.3) is 0 Å². The average Bonchev–Trinajstić information content (AvgIpc) is 2.15. The molecule has 0 fully saturated rings. The fourth-order valence-electron chi connectivity index (χ4n) is 0.919. The zero-order valence-corrected chi connectivity index (χ0v) is 8.02. The molecular formula is C9H12FNOS. The van der Waals surface area contributed by atoms with Gasteiger partial charge >= 0.3 is 0 Å². The molecule has 2 N–H and O–H groups in total. The van der Waals surface area contributed by atoms with Gasteiger partial charge in [0.15, 0.2) is 0 Å². The number of halogens is 1. The van der Waals surface area contributed by atoms with E-state index in [2.05, 4.69) is 0 Å². The summed E-state index contributed by atoms with van der Waals surface area (Å²) in [5.74, 6) is 0.238. The van der Waals surface area contributed by atoms with Crippen molar-refractivity contribution in [3.63, 3.8) is 0 Å². The second-order valence-electron chi connectivity index (χ2n) is 2.65. The first kappa shape index (κ1) is 10.3. The van der Waals surface area contributed by atoms with Crippen molar-refractivity contribution in [2.24, 2.45) is 5.73 Å². The van der Waals surface area contributed by atoms with Crippen LogP contribution in [0.5, 0.6) is 0 Å². The van der Waals surface area contributed by atoms with E-state index in [1.165, 1.54) is 12.1 Å². The van der Waals surface area contributed by atoms with Crippen molar-refractivity contribution in [2.75, 3.05) is 12.3 Å². The third kappa shape index (κ3) is 3.24. The van der Waals surface area contributed by atoms with Gasteiger partial charge in [0.2, 0.25) is 0 Å². The average molecular weight is 201 g/mol. The van der Waals surface area contributed by atoms with Gasteiger partial charge in [-0.1, -0.05) is 0 Å². The van der Waals surface area contributed by atoms with Gasteiger partial charge in [0.25, 0.3) is 0 Å². The fourth-order valence-corrected chi connectivity index (χ4v) is 2.02. The van der Waals surface area contributed by atoms with Crippen molar-refractivity contribution in [1.29, 1.82) is 0 Å². The summed E-state index contributed by atoms with van der Waals surface area (Å²) >= 11 is 0. The SMILES string of the molecule is NCCCS(=O)c1ccc(F)cc1. The summed E-state index contributed by atoms with van der Waals surface area (Å²) in [7, 11) is -1.04. The molecule has 0 aliphatic heterocycles. The van der Waals surface area contributed by atoms with Gasteiger partial charge in [-0.25, -0.2) is 4.39 Å². The standard InChI is InChI=1S/C9H12FNOS/c10-8-2-4-9(5-3-8)13(12)7-1-6-11/h2-5H,1,6-7,11H2. The molecule has 0 bridgehead atoms. The Labute approximate surface area is 79.4 Å². The molecule has 0 heterocycles. The zero-order valence-electron chi connectivity index (χ0n) is 7.20. The van der Waals surface area contributed by atoms with Gasteiger partial charge in [-0.15, -0.1) is 0 Å². The maximum Gasteiger partial charge on any atom is 0.123 e. The van der Waals surface area contributed by atoms with Gasteiger partial charge in [-0.3, -0.25) is 4.21 Å². The molecule has 0 aliphatic carbocycles. The van der Waals surface area contributed by atoms with Gasteiger partial charge in [-0.2, -0.15) is 0 Å². The van der Waals surface area contributed by atoms with Crippen molar-refractivity contribution < 1.29 is 8.60 Å². The molecule has 0 spiro atoms. The molecule has 1 rings (SSSR count). The van der Waals surface area contributed by atoms with Gasteiger partial charge in [0, 0.05) is 10.6 Å². The van der Waals surface area contributed by atoms with Crippen molar-refractivity contribution in [2.45, 2.75) is 11.3 Å². The number of nitrogens with two attached hydrogens (primary N) is 1. The number of benzene rings is 1. The van der Waals surface area contributed by atoms with Gasteiger partial charge in [-0.05, 0) is 37.2 Å². The summed E-state index contributed by atoms with van der Waals surface area (Å²) < 4.78 is 23.9. The first-order valence-corrected chi connectivity index (χ1v) is 5.40. The Morgan fingerprint density at radius 2 is 1.92 bits per heavy atom. The normalized spacial score (nSPS) is 12.8. The van der Waals surface area contributed by atoms with Crippen LogP contribution in [0.2, 0.25) is 0 Å². The van der Waals surface area contributed by atoms with E-state index in [4.69, 9.17) is 5.73 Å². The molecule has 13 heavy (non-hydrogen) atoms. The van der Waals surface area contributed by atoms with E-state index in [0.29, 0.717) is 17.2 Å². The van der Waals surface area contributed by atoms with Crippen LogP contribution in [0, 0.1) is 5.82 Å². The largest absolute Gasteiger partial charge is 0.330 e. The van der Waals surface area contributed by atoms with Crippen molar-refractivity contribution >= 4 is 10.8 Å². The lowest BCUT2D eigenvalue weighted by Crippen LogP contribution is -2.05. The Kier molecular flexibility index (Phi) is 4.05. The molecule has 0 aliphatic rings. The van der Waals surface area contributed by atoms with Crippen molar-refractivity contribution in [3.8, 4) is 0 Å². The molecular weight excluding hydrogens is 189 g/mol. The van der Waals surface area contributed by atoms with Crippen LogP contribution < -0.4 is 5.73 Å². The van der Waals surface area contributed by atoms with Crippen LogP contribution in [0.1, 0.15) is 6.42 Å². The highest BCUT2D eigenvalue weighted by Crippen LogP contribution is 2.08. The highest BCUT2D eigenvalue weighted by atomic mass is 32.2. The number of hydrogen-bond donors (Lipinski definition) is 1. The lowest BCUT2D eigenvalue weighted by molar-refractivity contribution is 0.626. The minimum absolute atomic E-state index is 0.306. The summed E-state index contributed by atoms with van der Waals surface area (Å²) in [5, 5.41) is 0. The van der Waals surface area contributed by atoms with Gasteiger partial charge in [0.1, 0.15) is 5.82 Å². The van der Waals surface area contributed by atoms with Crippen LogP contribution in [0.3, 0.4) is 0 Å². The highest BCUT2D eigenvalue weighted by Gasteiger charge is 2.02. The van der Waals surface area contributed by atoms with Gasteiger partial charge < -0.3 is 5.73 Å². The fraction of sp³-hybridized carbons (Fsp3) is 0.333. The monoisotopic (exact) mass is 201 g/mol. The quantitative estimate of drug-likeness (QED) is 0.797. The molecule has 1 unspecified atom stereocenters. The van der Waals surface area contributed by atoms with E-state index in [0.717, 1.165) is 6.42 Å². The first-order chi connectivity index (χ1) is 6.24. The minimum atomic E-state index is -1.04. The highest BCUT2D eigenvalue weighted by molar-refractivity contribution is 7.85. The Bertz CT molecular complexity index is 286. The smallest absolute Gasteiger partial charge is 0.123 e. The Morgan fingerprint density at radius 1 is 1.31 bits per heavy atom. The summed E-state index contributed by atoms with van der Waals surface area (Å²) in [6.45, 7) is 0.535. The molecule has 1 aromatic carbocycles. The van der Waals surface area contributed by atoms with Crippen LogP contribution in [0.4, 0.5) is 4.39 Å². The summed E-state index contributed by atoms with van der Waals surface area (Å²) in [4.78, 5) is 0.662. The van der Waals surface area contributed by atoms with E-state index in [1.807, 2.05) is 0 Å². The van der Waals surface area contributed by atoms with Crippen molar-refractivity contribution in [3.05, 3.63) is 30.1 Å². The summed E-state index contributed by atoms with van der Waals surface area (Å²) in [6, 6.07) is 5.72. The number of rotatable bonds is 4.